The fourth-order valence-corrected chi connectivity index (χ4v) is 5.86. The van der Waals surface area contributed by atoms with E-state index in [-0.39, 0.29) is 66.9 Å². The molecule has 0 atom stereocenters. The van der Waals surface area contributed by atoms with Crippen molar-refractivity contribution in [3.63, 3.8) is 0 Å². The summed E-state index contributed by atoms with van der Waals surface area (Å²) in [7, 11) is 0.271. The average molecular weight is 538 g/mol. The number of rotatable bonds is 4. The minimum atomic E-state index is -0.457. The minimum Gasteiger partial charge on any atom is -0.667 e. The van der Waals surface area contributed by atoms with Crippen molar-refractivity contribution in [2.45, 2.75) is 64.2 Å². The van der Waals surface area contributed by atoms with Crippen LogP contribution in [-0.4, -0.2) is 15.4 Å². The number of allylic oxidation sites excluding steroid dienone is 3. The van der Waals surface area contributed by atoms with E-state index in [9.17, 15) is 4.79 Å². The van der Waals surface area contributed by atoms with Crippen LogP contribution in [0.5, 0.6) is 0 Å². The van der Waals surface area contributed by atoms with Crippen LogP contribution in [0.4, 0.5) is 0 Å². The van der Waals surface area contributed by atoms with Gasteiger partial charge in [0, 0.05) is 27.1 Å². The van der Waals surface area contributed by atoms with Gasteiger partial charge in [-0.25, -0.2) is 0 Å². The standard InChI is InChI=1S/C16H25NO.C12H11Si.4CH3.Ti/c17-15(18)16(14-10-6-7-11-14)12-8-4-2-1-3-5-9-13-16;1-3-7-11(8-4-1)13-12-9-5-2-6-10-12;;;;;/h6-7,10H,1-5,8-9,11-13H2,(H2,17,18);1-10,13H;4*1H3;/q;;4*-1;/p-1. The van der Waals surface area contributed by atoms with E-state index in [1.165, 1.54) is 48.1 Å². The summed E-state index contributed by atoms with van der Waals surface area (Å²) in [6.07, 6.45) is 17.5. The summed E-state index contributed by atoms with van der Waals surface area (Å²) >= 11 is 0. The molecule has 0 aliphatic heterocycles. The van der Waals surface area contributed by atoms with Gasteiger partial charge in [0.25, 0.3) is 0 Å². The molecule has 1 radical (unpaired) electrons. The maximum Gasteiger partial charge on any atom is 0.103 e. The molecule has 1 amide bonds. The van der Waals surface area contributed by atoms with Gasteiger partial charge in [0.15, 0.2) is 0 Å². The van der Waals surface area contributed by atoms with E-state index in [4.69, 9.17) is 5.73 Å². The van der Waals surface area contributed by atoms with Crippen LogP contribution in [0.2, 0.25) is 0 Å². The second kappa shape index (κ2) is 21.4. The van der Waals surface area contributed by atoms with E-state index in [0.717, 1.165) is 32.1 Å². The Morgan fingerprint density at radius 3 is 1.47 bits per heavy atom. The third kappa shape index (κ3) is 12.0. The summed E-state index contributed by atoms with van der Waals surface area (Å²) in [5.41, 5.74) is 8.51. The van der Waals surface area contributed by atoms with Gasteiger partial charge >= 0.3 is 0 Å². The first kappa shape index (κ1) is 38.8. The number of benzene rings is 2. The Balaban J connectivity index is -0.000000549. The van der Waals surface area contributed by atoms with Crippen molar-refractivity contribution in [3.05, 3.63) is 120 Å². The van der Waals surface area contributed by atoms with E-state index < -0.39 is 5.41 Å². The molecule has 2 aliphatic carbocycles. The molecule has 4 heteroatoms. The van der Waals surface area contributed by atoms with Crippen LogP contribution in [0, 0.1) is 35.1 Å². The zero-order valence-corrected chi connectivity index (χ0v) is 25.8. The van der Waals surface area contributed by atoms with Crippen LogP contribution >= 0.6 is 0 Å². The number of hydrogen-bond acceptors (Lipinski definition) is 1. The first-order valence-electron chi connectivity index (χ1n) is 11.8. The van der Waals surface area contributed by atoms with Crippen molar-refractivity contribution in [1.82, 2.24) is 0 Å². The van der Waals surface area contributed by atoms with E-state index in [2.05, 4.69) is 72.8 Å². The summed E-state index contributed by atoms with van der Waals surface area (Å²) in [5.74, 6) is -0.349. The molecule has 36 heavy (non-hydrogen) atoms. The van der Waals surface area contributed by atoms with Crippen LogP contribution in [0.15, 0.2) is 84.5 Å². The third-order valence-electron chi connectivity index (χ3n) is 6.46. The van der Waals surface area contributed by atoms with Crippen molar-refractivity contribution in [1.29, 1.82) is 0 Å². The molecule has 4 rings (SSSR count). The Morgan fingerprint density at radius 2 is 1.11 bits per heavy atom. The van der Waals surface area contributed by atoms with E-state index in [0.29, 0.717) is 0 Å². The van der Waals surface area contributed by atoms with E-state index >= 15 is 0 Å². The summed E-state index contributed by atoms with van der Waals surface area (Å²) in [4.78, 5) is 12.0. The van der Waals surface area contributed by atoms with Crippen LogP contribution in [0.3, 0.4) is 0 Å². The zero-order valence-electron chi connectivity index (χ0n) is 23.1. The second-order valence-electron chi connectivity index (χ2n) is 8.68. The van der Waals surface area contributed by atoms with Crippen molar-refractivity contribution < 1.29 is 26.5 Å². The number of carbonyl (C=O) groups excluding carboxylic acids is 1. The molecule has 2 aliphatic rings. The molecule has 1 N–H and O–H groups in total. The molecule has 2 aromatic rings. The van der Waals surface area contributed by atoms with Gasteiger partial charge in [0.1, 0.15) is 9.52 Å². The van der Waals surface area contributed by atoms with Crippen LogP contribution in [0.25, 0.3) is 5.73 Å². The van der Waals surface area contributed by atoms with Gasteiger partial charge in [-0.15, -0.1) is 0 Å². The maximum atomic E-state index is 12.0. The Morgan fingerprint density at radius 1 is 0.694 bits per heavy atom. The van der Waals surface area contributed by atoms with Crippen molar-refractivity contribution >= 4 is 25.8 Å². The molecule has 1 saturated carbocycles. The van der Waals surface area contributed by atoms with Gasteiger partial charge < -0.3 is 40.2 Å². The Kier molecular flexibility index (Phi) is 23.1. The van der Waals surface area contributed by atoms with Gasteiger partial charge in [-0.05, 0) is 19.3 Å². The molecular formula is C32H47NOSiTi-5. The number of nitrogens with one attached hydrogen (secondary N) is 1. The van der Waals surface area contributed by atoms with E-state index in [1.54, 1.807) is 0 Å². The van der Waals surface area contributed by atoms with Gasteiger partial charge in [-0.3, -0.25) is 0 Å². The molecule has 199 valence electrons. The Bertz CT molecular complexity index is 817. The normalized spacial score (nSPS) is 15.8. The molecule has 2 nitrogen and oxygen atoms in total. The molecule has 1 fully saturated rings. The second-order valence-corrected chi connectivity index (χ2v) is 10.3. The van der Waals surface area contributed by atoms with Crippen LogP contribution in [0.1, 0.15) is 64.2 Å². The van der Waals surface area contributed by atoms with Crippen molar-refractivity contribution in [2.24, 2.45) is 5.41 Å². The number of amides is 1. The number of carbonyl (C=O) groups is 1. The summed E-state index contributed by atoms with van der Waals surface area (Å²) in [6, 6.07) is 21.3. The molecule has 0 bridgehead atoms. The fourth-order valence-electron chi connectivity index (χ4n) is 4.65. The summed E-state index contributed by atoms with van der Waals surface area (Å²) in [6.45, 7) is 0. The third-order valence-corrected chi connectivity index (χ3v) is 7.90. The van der Waals surface area contributed by atoms with Gasteiger partial charge in [0.05, 0.1) is 5.91 Å². The van der Waals surface area contributed by atoms with Crippen molar-refractivity contribution in [2.75, 3.05) is 0 Å². The first-order chi connectivity index (χ1) is 15.2. The molecule has 0 heterocycles. The molecule has 0 aromatic heterocycles. The van der Waals surface area contributed by atoms with Crippen molar-refractivity contribution in [3.8, 4) is 0 Å². The molecule has 0 unspecified atom stereocenters. The predicted octanol–water partition coefficient (Wildman–Crippen LogP) is 7.83. The topological polar surface area (TPSA) is 40.9 Å². The average Bonchev–Trinajstić information content (AvgIpc) is 3.34. The Labute approximate surface area is 241 Å². The maximum absolute atomic E-state index is 12.0. The molecular weight excluding hydrogens is 490 g/mol. The zero-order chi connectivity index (χ0) is 21.8. The molecule has 2 aromatic carbocycles. The Hall–Kier alpha value is -1.68. The predicted molar refractivity (Wildman–Crippen MR) is 160 cm³/mol. The van der Waals surface area contributed by atoms with Gasteiger partial charge in [-0.1, -0.05) is 140 Å². The SMILES string of the molecule is [CH3-].[CH3-].[CH3-].[CH3-].[NH-]C(=O)C1(C2=CC=CC2)CCCCCCCCC1.[Ti].c1ccc([SiH]c2ccccc2)cc1. The summed E-state index contributed by atoms with van der Waals surface area (Å²) in [5, 5.41) is 2.90. The van der Waals surface area contributed by atoms with Crippen LogP contribution < -0.4 is 10.4 Å². The monoisotopic (exact) mass is 537 g/mol. The summed E-state index contributed by atoms with van der Waals surface area (Å²) < 4.78 is 0. The van der Waals surface area contributed by atoms with Gasteiger partial charge in [0.2, 0.25) is 0 Å². The van der Waals surface area contributed by atoms with Crippen LogP contribution in [-0.2, 0) is 26.5 Å². The smallest absolute Gasteiger partial charge is 0.103 e. The number of hydrogen-bond donors (Lipinski definition) is 0. The van der Waals surface area contributed by atoms with Gasteiger partial charge in [-0.2, -0.15) is 0 Å². The quantitative estimate of drug-likeness (QED) is 0.289. The fraction of sp³-hybridized carbons (Fsp3) is 0.344. The first-order valence-corrected chi connectivity index (χ1v) is 12.9. The molecule has 0 saturated heterocycles. The molecule has 0 spiro atoms. The largest absolute Gasteiger partial charge is 0.667 e. The van der Waals surface area contributed by atoms with E-state index in [1.807, 2.05) is 6.08 Å². The minimum absolute atomic E-state index is 0.